The average molecular weight is 486 g/mol. The van der Waals surface area contributed by atoms with Crippen LogP contribution in [-0.2, 0) is 4.74 Å². The maximum Gasteiger partial charge on any atom is 0.341 e. The number of benzene rings is 1. The molecular weight excluding hydrogens is 457 g/mol. The Bertz CT molecular complexity index is 904. The second-order valence-corrected chi connectivity index (χ2v) is 9.23. The lowest BCUT2D eigenvalue weighted by atomic mass is 10.1. The number of amides is 1. The molecule has 0 fully saturated rings. The summed E-state index contributed by atoms with van der Waals surface area (Å²) in [6.07, 6.45) is 5.59. The van der Waals surface area contributed by atoms with Gasteiger partial charge in [-0.15, -0.1) is 11.3 Å². The number of anilines is 1. The summed E-state index contributed by atoms with van der Waals surface area (Å²) in [5, 5.41) is 3.78. The zero-order valence-corrected chi connectivity index (χ0v) is 20.7. The van der Waals surface area contributed by atoms with Crippen molar-refractivity contribution in [1.82, 2.24) is 0 Å². The fraction of sp³-hybridized carbons (Fsp3) is 0.478. The molecule has 0 saturated heterocycles. The predicted octanol–water partition coefficient (Wildman–Crippen LogP) is 7.45. The second kappa shape index (κ2) is 12.3. The Morgan fingerprint density at radius 3 is 2.29 bits per heavy atom. The summed E-state index contributed by atoms with van der Waals surface area (Å²) in [6, 6.07) is 3.04. The van der Waals surface area contributed by atoms with Gasteiger partial charge >= 0.3 is 5.97 Å². The number of nitrogens with one attached hydrogen (secondary N) is 1. The molecule has 0 bridgehead atoms. The molecule has 0 saturated carbocycles. The van der Waals surface area contributed by atoms with E-state index < -0.39 is 11.9 Å². The number of carbonyl (C=O) groups is 2. The van der Waals surface area contributed by atoms with E-state index in [0.717, 1.165) is 23.3 Å². The van der Waals surface area contributed by atoms with Crippen LogP contribution in [0.4, 0.5) is 5.00 Å². The Morgan fingerprint density at radius 1 is 1.03 bits per heavy atom. The molecule has 0 aliphatic heterocycles. The first-order valence-electron chi connectivity index (χ1n) is 10.5. The van der Waals surface area contributed by atoms with Gasteiger partial charge in [-0.25, -0.2) is 4.79 Å². The van der Waals surface area contributed by atoms with E-state index in [1.54, 1.807) is 6.92 Å². The molecule has 0 unspecified atom stereocenters. The van der Waals surface area contributed by atoms with Gasteiger partial charge in [0, 0.05) is 10.4 Å². The van der Waals surface area contributed by atoms with Gasteiger partial charge in [0.2, 0.25) is 0 Å². The number of halogens is 2. The van der Waals surface area contributed by atoms with E-state index in [2.05, 4.69) is 12.2 Å². The summed E-state index contributed by atoms with van der Waals surface area (Å²) in [5.74, 6) is -0.495. The lowest BCUT2D eigenvalue weighted by molar-refractivity contribution is 0.0527. The van der Waals surface area contributed by atoms with Crippen molar-refractivity contribution in [3.05, 3.63) is 43.7 Å². The first-order chi connectivity index (χ1) is 14.8. The number of thiophene rings is 1. The zero-order valence-electron chi connectivity index (χ0n) is 18.4. The fourth-order valence-electron chi connectivity index (χ4n) is 3.05. The van der Waals surface area contributed by atoms with Crippen molar-refractivity contribution >= 4 is 51.4 Å². The van der Waals surface area contributed by atoms with E-state index in [4.69, 9.17) is 32.7 Å². The van der Waals surface area contributed by atoms with Gasteiger partial charge in [0.15, 0.2) is 5.75 Å². The molecule has 0 radical (unpaired) electrons. The molecular formula is C23H29Cl2NO4S. The Kier molecular flexibility index (Phi) is 10.1. The van der Waals surface area contributed by atoms with Crippen LogP contribution in [-0.4, -0.2) is 25.1 Å². The van der Waals surface area contributed by atoms with Crippen LogP contribution in [0.1, 0.15) is 77.1 Å². The molecule has 31 heavy (non-hydrogen) atoms. The summed E-state index contributed by atoms with van der Waals surface area (Å²) in [4.78, 5) is 26.1. The van der Waals surface area contributed by atoms with Crippen LogP contribution in [0.25, 0.3) is 0 Å². The highest BCUT2D eigenvalue weighted by Crippen LogP contribution is 2.36. The molecule has 8 heteroatoms. The number of carbonyl (C=O) groups excluding carboxylic acids is 2. The van der Waals surface area contributed by atoms with E-state index in [9.17, 15) is 9.59 Å². The quantitative estimate of drug-likeness (QED) is 0.265. The van der Waals surface area contributed by atoms with Gasteiger partial charge in [0.1, 0.15) is 5.00 Å². The SMILES string of the molecule is CCCCCCCOc1c(Cl)cc(C(=O)Nc2sc(C)c(C)c2C(=O)OCC)cc1Cl. The van der Waals surface area contributed by atoms with Crippen molar-refractivity contribution in [1.29, 1.82) is 0 Å². The molecule has 0 aliphatic carbocycles. The summed E-state index contributed by atoms with van der Waals surface area (Å²) >= 11 is 14.0. The second-order valence-electron chi connectivity index (χ2n) is 7.19. The van der Waals surface area contributed by atoms with Crippen molar-refractivity contribution in [2.45, 2.75) is 59.8 Å². The Balaban J connectivity index is 2.11. The molecule has 1 aromatic carbocycles. The van der Waals surface area contributed by atoms with Crippen LogP contribution in [0.2, 0.25) is 10.0 Å². The molecule has 2 aromatic rings. The highest BCUT2D eigenvalue weighted by atomic mass is 35.5. The van der Waals surface area contributed by atoms with Gasteiger partial charge in [0.25, 0.3) is 5.91 Å². The molecule has 0 atom stereocenters. The zero-order chi connectivity index (χ0) is 23.0. The van der Waals surface area contributed by atoms with Gasteiger partial charge in [-0.2, -0.15) is 0 Å². The minimum Gasteiger partial charge on any atom is -0.490 e. The first kappa shape index (κ1) is 25.5. The van der Waals surface area contributed by atoms with Gasteiger partial charge in [-0.1, -0.05) is 55.8 Å². The van der Waals surface area contributed by atoms with Crippen molar-refractivity contribution in [3.8, 4) is 5.75 Å². The minimum absolute atomic E-state index is 0.256. The highest BCUT2D eigenvalue weighted by Gasteiger charge is 2.23. The van der Waals surface area contributed by atoms with Crippen molar-refractivity contribution in [3.63, 3.8) is 0 Å². The summed E-state index contributed by atoms with van der Waals surface area (Å²) in [7, 11) is 0. The molecule has 1 heterocycles. The normalized spacial score (nSPS) is 10.8. The van der Waals surface area contributed by atoms with E-state index in [0.29, 0.717) is 22.9 Å². The van der Waals surface area contributed by atoms with E-state index in [1.807, 2.05) is 13.8 Å². The number of aryl methyl sites for hydroxylation is 1. The maximum atomic E-state index is 12.8. The lowest BCUT2D eigenvalue weighted by Crippen LogP contribution is -2.15. The lowest BCUT2D eigenvalue weighted by Gasteiger charge is -2.12. The topological polar surface area (TPSA) is 64.6 Å². The van der Waals surface area contributed by atoms with Gasteiger partial charge < -0.3 is 14.8 Å². The van der Waals surface area contributed by atoms with E-state index in [-0.39, 0.29) is 22.2 Å². The van der Waals surface area contributed by atoms with Gasteiger partial charge in [-0.3, -0.25) is 4.79 Å². The number of esters is 1. The van der Waals surface area contributed by atoms with Crippen LogP contribution in [0.5, 0.6) is 5.75 Å². The van der Waals surface area contributed by atoms with Crippen LogP contribution in [0.15, 0.2) is 12.1 Å². The molecule has 1 N–H and O–H groups in total. The molecule has 0 spiro atoms. The van der Waals surface area contributed by atoms with Gasteiger partial charge in [0.05, 0.1) is 28.8 Å². The number of unbranched alkanes of at least 4 members (excludes halogenated alkanes) is 4. The van der Waals surface area contributed by atoms with Crippen LogP contribution in [0.3, 0.4) is 0 Å². The molecule has 170 valence electrons. The monoisotopic (exact) mass is 485 g/mol. The Morgan fingerprint density at radius 2 is 1.68 bits per heavy atom. The third-order valence-corrected chi connectivity index (χ3v) is 6.53. The molecule has 1 aromatic heterocycles. The third-order valence-electron chi connectivity index (χ3n) is 4.85. The first-order valence-corrected chi connectivity index (χ1v) is 12.1. The smallest absolute Gasteiger partial charge is 0.341 e. The Labute approximate surface area is 198 Å². The van der Waals surface area contributed by atoms with E-state index in [1.165, 1.54) is 42.7 Å². The molecule has 5 nitrogen and oxygen atoms in total. The average Bonchev–Trinajstić information content (AvgIpc) is 2.99. The number of hydrogen-bond acceptors (Lipinski definition) is 5. The standard InChI is InChI=1S/C23H29Cl2NO4S/c1-5-7-8-9-10-11-30-20-17(24)12-16(13-18(20)25)21(27)26-22-19(23(28)29-6-2)14(3)15(4)31-22/h12-13H,5-11H2,1-4H3,(H,26,27). The van der Waals surface area contributed by atoms with Crippen LogP contribution in [0, 0.1) is 13.8 Å². The van der Waals surface area contributed by atoms with Gasteiger partial charge in [-0.05, 0) is 44.9 Å². The Hall–Kier alpha value is -1.76. The third kappa shape index (κ3) is 6.86. The van der Waals surface area contributed by atoms with Crippen molar-refractivity contribution < 1.29 is 19.1 Å². The summed E-state index contributed by atoms with van der Waals surface area (Å²) in [5.41, 5.74) is 1.44. The van der Waals surface area contributed by atoms with E-state index >= 15 is 0 Å². The van der Waals surface area contributed by atoms with Crippen LogP contribution >= 0.6 is 34.5 Å². The molecule has 2 rings (SSSR count). The highest BCUT2D eigenvalue weighted by molar-refractivity contribution is 7.16. The number of rotatable bonds is 11. The maximum absolute atomic E-state index is 12.8. The molecule has 0 aliphatic rings. The summed E-state index contributed by atoms with van der Waals surface area (Å²) < 4.78 is 10.9. The minimum atomic E-state index is -0.460. The molecule has 1 amide bonds. The number of hydrogen-bond donors (Lipinski definition) is 1. The largest absolute Gasteiger partial charge is 0.490 e. The van der Waals surface area contributed by atoms with Crippen molar-refractivity contribution in [2.75, 3.05) is 18.5 Å². The predicted molar refractivity (Wildman–Crippen MR) is 128 cm³/mol. The van der Waals surface area contributed by atoms with Crippen LogP contribution < -0.4 is 10.1 Å². The fourth-order valence-corrected chi connectivity index (χ4v) is 4.69. The number of ether oxygens (including phenoxy) is 2. The van der Waals surface area contributed by atoms with Crippen molar-refractivity contribution in [2.24, 2.45) is 0 Å². The summed E-state index contributed by atoms with van der Waals surface area (Å²) in [6.45, 7) is 8.41.